The maximum atomic E-state index is 12.7. The molecule has 0 aromatic carbocycles. The number of carbonyl (C=O) groups excluding carboxylic acids is 3. The summed E-state index contributed by atoms with van der Waals surface area (Å²) in [7, 11) is 0. The number of ether oxygens (including phenoxy) is 3. The second-order valence-corrected chi connectivity index (χ2v) is 14.0. The number of rotatable bonds is 37. The highest BCUT2D eigenvalue weighted by Crippen LogP contribution is 2.10. The summed E-state index contributed by atoms with van der Waals surface area (Å²) in [6, 6.07) is 0. The number of hydrogen-bond donors (Lipinski definition) is 0. The largest absolute Gasteiger partial charge is 0.462 e. The molecule has 0 aromatic rings. The van der Waals surface area contributed by atoms with Crippen LogP contribution in [-0.2, 0) is 28.6 Å². The summed E-state index contributed by atoms with van der Waals surface area (Å²) in [5.41, 5.74) is 0. The van der Waals surface area contributed by atoms with Gasteiger partial charge in [0.25, 0.3) is 0 Å². The van der Waals surface area contributed by atoms with Gasteiger partial charge in [0.15, 0.2) is 6.10 Å². The number of carbonyl (C=O) groups is 3. The van der Waals surface area contributed by atoms with Crippen LogP contribution in [0.1, 0.15) is 156 Å². The number of allylic oxidation sites excluding steroid dienone is 22. The van der Waals surface area contributed by atoms with Crippen molar-refractivity contribution in [3.63, 3.8) is 0 Å². The number of esters is 3. The number of hydrogen-bond acceptors (Lipinski definition) is 6. The van der Waals surface area contributed by atoms with Gasteiger partial charge in [0.05, 0.1) is 0 Å². The zero-order valence-corrected chi connectivity index (χ0v) is 36.5. The predicted molar refractivity (Wildman–Crippen MR) is 246 cm³/mol. The first-order chi connectivity index (χ1) is 28.5. The lowest BCUT2D eigenvalue weighted by Gasteiger charge is -2.18. The molecule has 1 atom stereocenters. The average Bonchev–Trinajstić information content (AvgIpc) is 3.22. The van der Waals surface area contributed by atoms with Crippen molar-refractivity contribution in [2.75, 3.05) is 13.2 Å². The van der Waals surface area contributed by atoms with E-state index in [4.69, 9.17) is 14.2 Å². The maximum Gasteiger partial charge on any atom is 0.306 e. The molecule has 58 heavy (non-hydrogen) atoms. The molecule has 0 saturated carbocycles. The molecular formula is C52H78O6. The van der Waals surface area contributed by atoms with Crippen molar-refractivity contribution in [1.29, 1.82) is 0 Å². The van der Waals surface area contributed by atoms with E-state index in [9.17, 15) is 14.4 Å². The standard InChI is InChI=1S/C52H78O6/c1-4-7-10-13-16-19-22-23-24-25-26-27-28-29-31-33-36-39-42-45-51(54)57-48-49(47-56-50(53)44-41-38-35-32-21-18-15-12-9-6-3)58-52(55)46-43-40-37-34-30-20-17-14-11-8-5-2/h7-8,10-11,13,15-20,22-29,31,34,37,49H,4-6,9,12,14,21,30,32-33,35-36,38-48H2,1-3H3/b10-7-,11-8-,16-13-,18-15-,20-17-,22-19-,24-23-,26-25+,28-27-,31-29-,37-34-. The van der Waals surface area contributed by atoms with Gasteiger partial charge in [-0.1, -0.05) is 187 Å². The second-order valence-electron chi connectivity index (χ2n) is 14.0. The molecule has 0 spiro atoms. The molecule has 0 rings (SSSR count). The first-order valence-electron chi connectivity index (χ1n) is 22.3. The third-order valence-electron chi connectivity index (χ3n) is 8.56. The van der Waals surface area contributed by atoms with E-state index in [0.717, 1.165) is 89.9 Å². The Balaban J connectivity index is 4.56. The van der Waals surface area contributed by atoms with Gasteiger partial charge in [-0.15, -0.1) is 0 Å². The van der Waals surface area contributed by atoms with Crippen LogP contribution < -0.4 is 0 Å². The first kappa shape index (κ1) is 53.6. The zero-order chi connectivity index (χ0) is 42.3. The first-order valence-corrected chi connectivity index (χ1v) is 22.3. The van der Waals surface area contributed by atoms with Crippen LogP contribution in [0.15, 0.2) is 134 Å². The molecule has 0 amide bonds. The molecule has 0 bridgehead atoms. The predicted octanol–water partition coefficient (Wildman–Crippen LogP) is 14.4. The molecule has 0 fully saturated rings. The Morgan fingerprint density at radius 3 is 1.33 bits per heavy atom. The van der Waals surface area contributed by atoms with Crippen molar-refractivity contribution in [1.82, 2.24) is 0 Å². The molecule has 0 aliphatic carbocycles. The summed E-state index contributed by atoms with van der Waals surface area (Å²) in [6.45, 7) is 6.18. The highest BCUT2D eigenvalue weighted by molar-refractivity contribution is 5.71. The van der Waals surface area contributed by atoms with Crippen molar-refractivity contribution in [2.45, 2.75) is 162 Å². The van der Waals surface area contributed by atoms with Crippen LogP contribution in [0, 0.1) is 0 Å². The molecule has 0 saturated heterocycles. The third kappa shape index (κ3) is 42.7. The fourth-order valence-electron chi connectivity index (χ4n) is 5.25. The Hall–Kier alpha value is -4.45. The molecule has 322 valence electrons. The van der Waals surface area contributed by atoms with Gasteiger partial charge in [-0.2, -0.15) is 0 Å². The monoisotopic (exact) mass is 799 g/mol. The minimum Gasteiger partial charge on any atom is -0.462 e. The molecule has 6 nitrogen and oxygen atoms in total. The van der Waals surface area contributed by atoms with Crippen LogP contribution in [0.4, 0.5) is 0 Å². The molecule has 0 radical (unpaired) electrons. The van der Waals surface area contributed by atoms with Crippen LogP contribution >= 0.6 is 0 Å². The smallest absolute Gasteiger partial charge is 0.306 e. The van der Waals surface area contributed by atoms with Gasteiger partial charge >= 0.3 is 17.9 Å². The van der Waals surface area contributed by atoms with Crippen LogP contribution in [0.25, 0.3) is 0 Å². The Morgan fingerprint density at radius 1 is 0.379 bits per heavy atom. The molecule has 0 aromatic heterocycles. The molecule has 0 N–H and O–H groups in total. The highest BCUT2D eigenvalue weighted by Gasteiger charge is 2.19. The van der Waals surface area contributed by atoms with E-state index in [1.54, 1.807) is 0 Å². The molecule has 6 heteroatoms. The van der Waals surface area contributed by atoms with E-state index >= 15 is 0 Å². The van der Waals surface area contributed by atoms with Gasteiger partial charge in [0.2, 0.25) is 0 Å². The normalized spacial score (nSPS) is 13.4. The van der Waals surface area contributed by atoms with Crippen molar-refractivity contribution in [3.05, 3.63) is 134 Å². The van der Waals surface area contributed by atoms with Gasteiger partial charge < -0.3 is 14.2 Å². The van der Waals surface area contributed by atoms with Crippen molar-refractivity contribution in [2.24, 2.45) is 0 Å². The summed E-state index contributed by atoms with van der Waals surface area (Å²) in [5, 5.41) is 0. The SMILES string of the molecule is CC\C=C/C=C\C=C/C=C\C=C\C=C/C=C\CCCCCC(=O)OCC(COC(=O)CCCCCC/C=C\CCCC)OC(=O)CCC/C=C\C/C=C\C/C=C\CC. The Morgan fingerprint density at radius 2 is 0.776 bits per heavy atom. The van der Waals surface area contributed by atoms with Gasteiger partial charge in [-0.05, 0) is 83.5 Å². The quantitative estimate of drug-likeness (QED) is 0.0205. The molecular weight excluding hydrogens is 721 g/mol. The Labute approximate surface area is 354 Å². The van der Waals surface area contributed by atoms with E-state index in [1.165, 1.54) is 12.8 Å². The lowest BCUT2D eigenvalue weighted by atomic mass is 10.1. The molecule has 1 unspecified atom stereocenters. The van der Waals surface area contributed by atoms with Gasteiger partial charge in [0.1, 0.15) is 13.2 Å². The maximum absolute atomic E-state index is 12.7. The Bertz CT molecular complexity index is 1330. The zero-order valence-electron chi connectivity index (χ0n) is 36.5. The molecule has 0 aliphatic rings. The minimum absolute atomic E-state index is 0.125. The summed E-state index contributed by atoms with van der Waals surface area (Å²) in [6.07, 6.45) is 63.0. The van der Waals surface area contributed by atoms with Gasteiger partial charge in [-0.25, -0.2) is 0 Å². The van der Waals surface area contributed by atoms with Crippen molar-refractivity contribution in [3.8, 4) is 0 Å². The van der Waals surface area contributed by atoms with Crippen LogP contribution in [0.3, 0.4) is 0 Å². The average molecular weight is 799 g/mol. The van der Waals surface area contributed by atoms with Crippen molar-refractivity contribution >= 4 is 17.9 Å². The lowest BCUT2D eigenvalue weighted by molar-refractivity contribution is -0.167. The van der Waals surface area contributed by atoms with Gasteiger partial charge in [-0.3, -0.25) is 14.4 Å². The van der Waals surface area contributed by atoms with Crippen LogP contribution in [-0.4, -0.2) is 37.2 Å². The highest BCUT2D eigenvalue weighted by atomic mass is 16.6. The molecule has 0 heterocycles. The van der Waals surface area contributed by atoms with E-state index < -0.39 is 6.10 Å². The minimum atomic E-state index is -0.830. The topological polar surface area (TPSA) is 78.9 Å². The summed E-state index contributed by atoms with van der Waals surface area (Å²) in [5.74, 6) is -1.06. The number of unbranched alkanes of at least 4 members (excludes halogenated alkanes) is 10. The third-order valence-corrected chi connectivity index (χ3v) is 8.56. The van der Waals surface area contributed by atoms with E-state index in [-0.39, 0.29) is 44.0 Å². The molecule has 0 aliphatic heterocycles. The van der Waals surface area contributed by atoms with Crippen LogP contribution in [0.5, 0.6) is 0 Å². The summed E-state index contributed by atoms with van der Waals surface area (Å²) < 4.78 is 16.6. The van der Waals surface area contributed by atoms with Crippen LogP contribution in [0.2, 0.25) is 0 Å². The summed E-state index contributed by atoms with van der Waals surface area (Å²) in [4.78, 5) is 37.7. The van der Waals surface area contributed by atoms with Gasteiger partial charge in [0, 0.05) is 19.3 Å². The Kier molecular flexibility index (Phi) is 41.8. The van der Waals surface area contributed by atoms with E-state index in [0.29, 0.717) is 19.3 Å². The van der Waals surface area contributed by atoms with Crippen molar-refractivity contribution < 1.29 is 28.6 Å². The van der Waals surface area contributed by atoms with E-state index in [1.807, 2.05) is 72.9 Å². The fraction of sp³-hybridized carbons (Fsp3) is 0.519. The second kappa shape index (κ2) is 45.3. The lowest BCUT2D eigenvalue weighted by Crippen LogP contribution is -2.30. The van der Waals surface area contributed by atoms with E-state index in [2.05, 4.69) is 81.5 Å². The summed E-state index contributed by atoms with van der Waals surface area (Å²) >= 11 is 0. The fourth-order valence-corrected chi connectivity index (χ4v) is 5.25.